The summed E-state index contributed by atoms with van der Waals surface area (Å²) in [6.07, 6.45) is 2.63. The molecule has 5 rings (SSSR count). The van der Waals surface area contributed by atoms with E-state index >= 15 is 0 Å². The van der Waals surface area contributed by atoms with Gasteiger partial charge >= 0.3 is 234 Å². The van der Waals surface area contributed by atoms with Crippen molar-refractivity contribution < 1.29 is 0 Å². The molecule has 0 fully saturated rings. The van der Waals surface area contributed by atoms with Crippen molar-refractivity contribution >= 4 is 59.9 Å². The number of rotatable bonds is 11. The molecule has 184 valence electrons. The molecular weight excluding hydrogens is 589 g/mol. The van der Waals surface area contributed by atoms with Gasteiger partial charge in [0.15, 0.2) is 0 Å². The maximum absolute atomic E-state index is 2.39. The molecule has 0 atom stereocenters. The molecule has 3 heteroatoms. The van der Waals surface area contributed by atoms with Gasteiger partial charge in [-0.25, -0.2) is 0 Å². The van der Waals surface area contributed by atoms with Crippen LogP contribution in [0.1, 0.15) is 0 Å². The molecular formula is C34H33As2P. The van der Waals surface area contributed by atoms with Gasteiger partial charge in [-0.05, 0) is 0 Å². The Morgan fingerprint density at radius 2 is 0.622 bits per heavy atom. The van der Waals surface area contributed by atoms with Crippen LogP contribution in [0.3, 0.4) is 0 Å². The summed E-state index contributed by atoms with van der Waals surface area (Å²) < 4.78 is 6.30. The monoisotopic (exact) mass is 622 g/mol. The zero-order valence-corrected chi connectivity index (χ0v) is 25.8. The molecule has 0 aliphatic carbocycles. The number of benzene rings is 5. The molecule has 0 radical (unpaired) electrons. The van der Waals surface area contributed by atoms with Crippen molar-refractivity contribution in [1.29, 1.82) is 0 Å². The van der Waals surface area contributed by atoms with E-state index in [2.05, 4.69) is 152 Å². The summed E-state index contributed by atoms with van der Waals surface area (Å²) in [4.78, 5) is 0. The van der Waals surface area contributed by atoms with E-state index < -0.39 is 29.3 Å². The fourth-order valence-corrected chi connectivity index (χ4v) is 20.4. The second-order valence-corrected chi connectivity index (χ2v) is 21.3. The molecule has 0 saturated carbocycles. The van der Waals surface area contributed by atoms with Crippen LogP contribution >= 0.6 is 7.92 Å². The van der Waals surface area contributed by atoms with Crippen LogP contribution in [-0.4, -0.2) is 41.6 Å². The summed E-state index contributed by atoms with van der Waals surface area (Å²) in [5.74, 6) is 0. The minimum absolute atomic E-state index is 0.209. The van der Waals surface area contributed by atoms with Crippen LogP contribution < -0.4 is 22.7 Å². The van der Waals surface area contributed by atoms with Crippen LogP contribution in [0.4, 0.5) is 0 Å². The summed E-state index contributed by atoms with van der Waals surface area (Å²) in [7, 11) is -0.209. The first-order valence-corrected chi connectivity index (χ1v) is 21.1. The van der Waals surface area contributed by atoms with Gasteiger partial charge in [0, 0.05) is 0 Å². The van der Waals surface area contributed by atoms with Crippen LogP contribution in [0, 0.1) is 0 Å². The standard InChI is InChI=1S/C34H33As2P/c1-6-16-30(17-7-1)35(31-18-8-2-9-19-31)26-28-37(34-24-14-5-15-25-34)29-27-36(32-20-10-3-11-21-32)33-22-12-4-13-23-33/h1-25H,26-29H2. The number of hydrogen-bond donors (Lipinski definition) is 0. The Morgan fingerprint density at radius 3 is 0.919 bits per heavy atom. The average Bonchev–Trinajstić information content (AvgIpc) is 2.99. The zero-order chi connectivity index (χ0) is 25.1. The Balaban J connectivity index is 1.39. The molecule has 0 unspecified atom stereocenters. The first-order valence-electron chi connectivity index (χ1n) is 12.9. The van der Waals surface area contributed by atoms with Crippen molar-refractivity contribution in [2.45, 2.75) is 10.4 Å². The van der Waals surface area contributed by atoms with E-state index in [1.807, 2.05) is 0 Å². The van der Waals surface area contributed by atoms with Gasteiger partial charge in [0.2, 0.25) is 0 Å². The molecule has 0 aliphatic heterocycles. The van der Waals surface area contributed by atoms with Crippen molar-refractivity contribution in [2.24, 2.45) is 0 Å². The molecule has 0 bridgehead atoms. The van der Waals surface area contributed by atoms with E-state index in [9.17, 15) is 0 Å². The van der Waals surface area contributed by atoms with Crippen molar-refractivity contribution in [2.75, 3.05) is 12.3 Å². The molecule has 0 nitrogen and oxygen atoms in total. The Bertz CT molecular complexity index is 1150. The Kier molecular flexibility index (Phi) is 9.92. The summed E-state index contributed by atoms with van der Waals surface area (Å²) in [5.41, 5.74) is 0. The molecule has 0 heterocycles. The van der Waals surface area contributed by atoms with Gasteiger partial charge in [0.25, 0.3) is 0 Å². The molecule has 0 saturated heterocycles. The van der Waals surface area contributed by atoms with Crippen molar-refractivity contribution in [3.63, 3.8) is 0 Å². The molecule has 0 aliphatic rings. The average molecular weight is 622 g/mol. The van der Waals surface area contributed by atoms with Gasteiger partial charge in [-0.15, -0.1) is 0 Å². The fraction of sp³-hybridized carbons (Fsp3) is 0.118. The zero-order valence-electron chi connectivity index (χ0n) is 21.1. The van der Waals surface area contributed by atoms with Crippen LogP contribution in [-0.2, 0) is 0 Å². The first kappa shape index (κ1) is 26.3. The van der Waals surface area contributed by atoms with E-state index in [1.54, 1.807) is 22.7 Å². The van der Waals surface area contributed by atoms with Crippen molar-refractivity contribution in [3.8, 4) is 0 Å². The quantitative estimate of drug-likeness (QED) is 0.137. The Morgan fingerprint density at radius 1 is 0.351 bits per heavy atom. The molecule has 0 N–H and O–H groups in total. The molecule has 5 aromatic rings. The van der Waals surface area contributed by atoms with Crippen molar-refractivity contribution in [3.05, 3.63) is 152 Å². The van der Waals surface area contributed by atoms with E-state index in [-0.39, 0.29) is 7.92 Å². The topological polar surface area (TPSA) is 0 Å². The minimum atomic E-state index is -1.36. The van der Waals surface area contributed by atoms with Crippen LogP contribution in [0.2, 0.25) is 10.4 Å². The molecule has 37 heavy (non-hydrogen) atoms. The van der Waals surface area contributed by atoms with Gasteiger partial charge in [-0.3, -0.25) is 0 Å². The third-order valence-corrected chi connectivity index (χ3v) is 21.2. The summed E-state index contributed by atoms with van der Waals surface area (Å²) >= 11 is -2.71. The van der Waals surface area contributed by atoms with E-state index in [0.29, 0.717) is 0 Å². The summed E-state index contributed by atoms with van der Waals surface area (Å²) in [6, 6.07) is 56.7. The molecule has 5 aromatic carbocycles. The summed E-state index contributed by atoms with van der Waals surface area (Å²) in [6.45, 7) is 0. The van der Waals surface area contributed by atoms with Crippen LogP contribution in [0.25, 0.3) is 0 Å². The molecule has 0 aromatic heterocycles. The third kappa shape index (κ3) is 7.36. The van der Waals surface area contributed by atoms with Gasteiger partial charge < -0.3 is 0 Å². The van der Waals surface area contributed by atoms with Crippen molar-refractivity contribution in [1.82, 2.24) is 0 Å². The third-order valence-electron chi connectivity index (χ3n) is 6.58. The fourth-order valence-electron chi connectivity index (χ4n) is 4.70. The maximum atomic E-state index is 2.39. The Hall–Kier alpha value is -2.35. The van der Waals surface area contributed by atoms with E-state index in [1.165, 1.54) is 22.7 Å². The van der Waals surface area contributed by atoms with Crippen LogP contribution in [0.5, 0.6) is 0 Å². The SMILES string of the molecule is c1ccc(P(CC[As](c2ccccc2)c2ccccc2)CC[As](c2ccccc2)c2ccccc2)cc1. The van der Waals surface area contributed by atoms with Crippen LogP contribution in [0.15, 0.2) is 152 Å². The molecule has 0 spiro atoms. The second-order valence-electron chi connectivity index (χ2n) is 8.97. The predicted octanol–water partition coefficient (Wildman–Crippen LogP) is 5.41. The van der Waals surface area contributed by atoms with E-state index in [4.69, 9.17) is 0 Å². The van der Waals surface area contributed by atoms with Gasteiger partial charge in [-0.2, -0.15) is 0 Å². The normalized spacial score (nSPS) is 11.3. The van der Waals surface area contributed by atoms with Gasteiger partial charge in [-0.1, -0.05) is 0 Å². The predicted molar refractivity (Wildman–Crippen MR) is 168 cm³/mol. The molecule has 0 amide bonds. The second kappa shape index (κ2) is 14.0. The van der Waals surface area contributed by atoms with Gasteiger partial charge in [0.05, 0.1) is 0 Å². The summed E-state index contributed by atoms with van der Waals surface area (Å²) in [5, 5.41) is 4.22. The first-order chi connectivity index (χ1) is 18.4. The number of hydrogen-bond acceptors (Lipinski definition) is 0. The Labute approximate surface area is 233 Å². The van der Waals surface area contributed by atoms with E-state index in [0.717, 1.165) is 0 Å². The van der Waals surface area contributed by atoms with Gasteiger partial charge in [0.1, 0.15) is 0 Å².